The number of halogens is 2. The number of hydrogen-bond donors (Lipinski definition) is 0. The highest BCUT2D eigenvalue weighted by atomic mass is 32.2. The highest BCUT2D eigenvalue weighted by molar-refractivity contribution is 7.99. The average Bonchev–Trinajstić information content (AvgIpc) is 3.12. The van der Waals surface area contributed by atoms with Gasteiger partial charge in [0.15, 0.2) is 0 Å². The molecule has 0 radical (unpaired) electrons. The van der Waals surface area contributed by atoms with E-state index in [1.165, 1.54) is 24.3 Å². The van der Waals surface area contributed by atoms with Crippen molar-refractivity contribution in [1.29, 1.82) is 0 Å². The molecule has 142 valence electrons. The van der Waals surface area contributed by atoms with E-state index >= 15 is 0 Å². The van der Waals surface area contributed by atoms with Crippen LogP contribution in [0.15, 0.2) is 109 Å². The molecule has 4 aromatic carbocycles. The molecule has 1 nitrogen and oxygen atoms in total. The molecule has 0 N–H and O–H groups in total. The highest BCUT2D eigenvalue weighted by Gasteiger charge is 2.15. The Kier molecular flexibility index (Phi) is 4.78. The number of hydrogen-bond acceptors (Lipinski definition) is 3. The van der Waals surface area contributed by atoms with Crippen LogP contribution in [0, 0.1) is 11.6 Å². The molecule has 0 atom stereocenters. The van der Waals surface area contributed by atoms with E-state index in [0.29, 0.717) is 0 Å². The van der Waals surface area contributed by atoms with Gasteiger partial charge in [-0.1, -0.05) is 47.8 Å². The summed E-state index contributed by atoms with van der Waals surface area (Å²) in [6, 6.07) is 25.0. The van der Waals surface area contributed by atoms with Crippen molar-refractivity contribution >= 4 is 45.5 Å². The van der Waals surface area contributed by atoms with Crippen LogP contribution in [0.25, 0.3) is 21.9 Å². The molecule has 5 heteroatoms. The van der Waals surface area contributed by atoms with Gasteiger partial charge in [-0.2, -0.15) is 0 Å². The number of furan rings is 1. The van der Waals surface area contributed by atoms with Crippen LogP contribution in [-0.4, -0.2) is 0 Å². The van der Waals surface area contributed by atoms with Crippen molar-refractivity contribution in [3.8, 4) is 0 Å². The lowest BCUT2D eigenvalue weighted by Gasteiger charge is -2.02. The molecule has 0 bridgehead atoms. The van der Waals surface area contributed by atoms with Crippen LogP contribution in [-0.2, 0) is 0 Å². The molecule has 0 amide bonds. The molecule has 29 heavy (non-hydrogen) atoms. The topological polar surface area (TPSA) is 13.1 Å². The minimum atomic E-state index is -0.251. The van der Waals surface area contributed by atoms with Crippen molar-refractivity contribution < 1.29 is 13.2 Å². The van der Waals surface area contributed by atoms with Crippen molar-refractivity contribution in [2.24, 2.45) is 0 Å². The lowest BCUT2D eigenvalue weighted by Crippen LogP contribution is -1.77. The Hall–Kier alpha value is -2.76. The summed E-state index contributed by atoms with van der Waals surface area (Å²) in [6.07, 6.45) is 0. The fourth-order valence-corrected chi connectivity index (χ4v) is 5.02. The zero-order valence-corrected chi connectivity index (χ0v) is 16.7. The van der Waals surface area contributed by atoms with Crippen LogP contribution in [0.5, 0.6) is 0 Å². The fraction of sp³-hybridized carbons (Fsp3) is 0. The molecule has 1 aromatic heterocycles. The Morgan fingerprint density at radius 2 is 0.931 bits per heavy atom. The van der Waals surface area contributed by atoms with Gasteiger partial charge >= 0.3 is 0 Å². The summed E-state index contributed by atoms with van der Waals surface area (Å²) in [4.78, 5) is 3.84. The van der Waals surface area contributed by atoms with E-state index in [4.69, 9.17) is 4.42 Å². The first kappa shape index (κ1) is 18.3. The summed E-state index contributed by atoms with van der Waals surface area (Å²) in [5.41, 5.74) is 1.62. The van der Waals surface area contributed by atoms with Crippen LogP contribution >= 0.6 is 23.5 Å². The summed E-state index contributed by atoms with van der Waals surface area (Å²) in [7, 11) is 0. The number of benzene rings is 4. The van der Waals surface area contributed by atoms with Gasteiger partial charge in [0.2, 0.25) is 0 Å². The largest absolute Gasteiger partial charge is 0.454 e. The standard InChI is InChI=1S/C24H14F2OS2/c25-15-7-11-17(12-8-15)28-21-5-1-3-19-20-4-2-6-22(24(20)27-23(19)21)29-18-13-9-16(26)10-14-18/h1-14H. The fourth-order valence-electron chi connectivity index (χ4n) is 3.19. The van der Waals surface area contributed by atoms with Crippen molar-refractivity contribution in [3.05, 3.63) is 96.6 Å². The van der Waals surface area contributed by atoms with Gasteiger partial charge < -0.3 is 4.42 Å². The van der Waals surface area contributed by atoms with Gasteiger partial charge in [-0.05, 0) is 60.7 Å². The Morgan fingerprint density at radius 3 is 1.34 bits per heavy atom. The molecule has 0 fully saturated rings. The number of para-hydroxylation sites is 2. The highest BCUT2D eigenvalue weighted by Crippen LogP contribution is 2.42. The van der Waals surface area contributed by atoms with Crippen LogP contribution < -0.4 is 0 Å². The predicted octanol–water partition coefficient (Wildman–Crippen LogP) is 8.17. The third kappa shape index (κ3) is 3.63. The van der Waals surface area contributed by atoms with Crippen LogP contribution in [0.1, 0.15) is 0 Å². The maximum atomic E-state index is 13.2. The monoisotopic (exact) mass is 420 g/mol. The Labute approximate surface area is 174 Å². The van der Waals surface area contributed by atoms with Gasteiger partial charge in [0.05, 0.1) is 9.79 Å². The average molecular weight is 421 g/mol. The number of fused-ring (bicyclic) bond motifs is 3. The van der Waals surface area contributed by atoms with Crippen molar-refractivity contribution in [1.82, 2.24) is 0 Å². The lowest BCUT2D eigenvalue weighted by molar-refractivity contribution is 0.626. The van der Waals surface area contributed by atoms with E-state index in [-0.39, 0.29) is 11.6 Å². The predicted molar refractivity (Wildman–Crippen MR) is 115 cm³/mol. The first-order valence-corrected chi connectivity index (χ1v) is 10.6. The molecular weight excluding hydrogens is 406 g/mol. The van der Waals surface area contributed by atoms with Gasteiger partial charge in [-0.3, -0.25) is 0 Å². The van der Waals surface area contributed by atoms with Crippen molar-refractivity contribution in [2.75, 3.05) is 0 Å². The van der Waals surface area contributed by atoms with Gasteiger partial charge in [0.25, 0.3) is 0 Å². The van der Waals surface area contributed by atoms with Gasteiger partial charge in [-0.15, -0.1) is 0 Å². The molecular formula is C24H14F2OS2. The normalized spacial score (nSPS) is 11.4. The SMILES string of the molecule is Fc1ccc(Sc2cccc3c2oc2c(Sc4ccc(F)cc4)cccc23)cc1. The van der Waals surface area contributed by atoms with Gasteiger partial charge in [0, 0.05) is 20.6 Å². The maximum absolute atomic E-state index is 13.2. The quantitative estimate of drug-likeness (QED) is 0.291. The third-order valence-corrected chi connectivity index (χ3v) is 6.63. The molecule has 0 saturated carbocycles. The Balaban J connectivity index is 1.59. The van der Waals surface area contributed by atoms with Crippen LogP contribution in [0.2, 0.25) is 0 Å². The smallest absolute Gasteiger partial charge is 0.149 e. The molecule has 0 unspecified atom stereocenters. The zero-order valence-electron chi connectivity index (χ0n) is 15.1. The van der Waals surface area contributed by atoms with Crippen molar-refractivity contribution in [3.63, 3.8) is 0 Å². The summed E-state index contributed by atoms with van der Waals surface area (Å²) in [6.45, 7) is 0. The third-order valence-electron chi connectivity index (χ3n) is 4.54. The van der Waals surface area contributed by atoms with E-state index in [1.54, 1.807) is 47.8 Å². The molecule has 0 spiro atoms. The van der Waals surface area contributed by atoms with E-state index in [0.717, 1.165) is 41.5 Å². The van der Waals surface area contributed by atoms with Crippen molar-refractivity contribution in [2.45, 2.75) is 19.6 Å². The molecule has 0 aliphatic heterocycles. The minimum Gasteiger partial charge on any atom is -0.454 e. The Bertz CT molecular complexity index is 1210. The lowest BCUT2D eigenvalue weighted by atomic mass is 10.1. The van der Waals surface area contributed by atoms with E-state index < -0.39 is 0 Å². The summed E-state index contributed by atoms with van der Waals surface area (Å²) >= 11 is 3.09. The molecule has 1 heterocycles. The minimum absolute atomic E-state index is 0.251. The van der Waals surface area contributed by atoms with Crippen LogP contribution in [0.4, 0.5) is 8.78 Å². The van der Waals surface area contributed by atoms with Crippen LogP contribution in [0.3, 0.4) is 0 Å². The van der Waals surface area contributed by atoms with Gasteiger partial charge in [0.1, 0.15) is 22.8 Å². The molecule has 0 aliphatic rings. The first-order chi connectivity index (χ1) is 14.2. The van der Waals surface area contributed by atoms with E-state index in [2.05, 4.69) is 0 Å². The summed E-state index contributed by atoms with van der Waals surface area (Å²) in [5.74, 6) is -0.502. The first-order valence-electron chi connectivity index (χ1n) is 8.98. The van der Waals surface area contributed by atoms with E-state index in [1.807, 2.05) is 36.4 Å². The molecule has 0 saturated heterocycles. The Morgan fingerprint density at radius 1 is 0.517 bits per heavy atom. The van der Waals surface area contributed by atoms with Gasteiger partial charge in [-0.25, -0.2) is 8.78 Å². The molecule has 5 aromatic rings. The summed E-state index contributed by atoms with van der Waals surface area (Å²) < 4.78 is 32.7. The second-order valence-electron chi connectivity index (χ2n) is 6.48. The zero-order chi connectivity index (χ0) is 19.8. The number of rotatable bonds is 4. The summed E-state index contributed by atoms with van der Waals surface area (Å²) in [5, 5.41) is 2.07. The van der Waals surface area contributed by atoms with E-state index in [9.17, 15) is 8.78 Å². The molecule has 0 aliphatic carbocycles. The maximum Gasteiger partial charge on any atom is 0.149 e. The molecule has 5 rings (SSSR count). The second-order valence-corrected chi connectivity index (χ2v) is 8.71. The second kappa shape index (κ2) is 7.58.